The Hall–Kier alpha value is 0.480. The molecule has 0 aromatic heterocycles. The Morgan fingerprint density at radius 2 is 1.80 bits per heavy atom. The maximum Gasteiger partial charge on any atom is 0.00314 e. The van der Waals surface area contributed by atoms with Crippen molar-refractivity contribution < 1.29 is 0 Å². The monoisotopic (exact) mass is 206 g/mol. The lowest BCUT2D eigenvalue weighted by Gasteiger charge is -2.16. The molecule has 0 N–H and O–H groups in total. The van der Waals surface area contributed by atoms with Crippen LogP contribution in [0.5, 0.6) is 0 Å². The highest BCUT2D eigenvalue weighted by atomic mass is 79.9. The minimum Gasteiger partial charge on any atom is -0.0928 e. The Morgan fingerprint density at radius 3 is 2.20 bits per heavy atom. The van der Waals surface area contributed by atoms with Crippen LogP contribution in [-0.2, 0) is 0 Å². The molecule has 0 fully saturated rings. The summed E-state index contributed by atoms with van der Waals surface area (Å²) in [5.41, 5.74) is 0. The third kappa shape index (κ3) is 4.32. The van der Waals surface area contributed by atoms with E-state index in [0.717, 1.165) is 17.2 Å². The van der Waals surface area contributed by atoms with Crippen LogP contribution in [0.4, 0.5) is 0 Å². The van der Waals surface area contributed by atoms with Gasteiger partial charge in [0.15, 0.2) is 0 Å². The van der Waals surface area contributed by atoms with Crippen molar-refractivity contribution in [3.05, 3.63) is 0 Å². The number of halogens is 1. The van der Waals surface area contributed by atoms with E-state index in [2.05, 4.69) is 36.7 Å². The van der Waals surface area contributed by atoms with E-state index in [-0.39, 0.29) is 0 Å². The molecule has 0 aliphatic rings. The smallest absolute Gasteiger partial charge is 0.00314 e. The van der Waals surface area contributed by atoms with Crippen LogP contribution in [0.25, 0.3) is 0 Å². The van der Waals surface area contributed by atoms with E-state index in [0.29, 0.717) is 0 Å². The molecule has 62 valence electrons. The largest absolute Gasteiger partial charge is 0.0928 e. The van der Waals surface area contributed by atoms with Gasteiger partial charge in [0.25, 0.3) is 0 Å². The van der Waals surface area contributed by atoms with E-state index in [1.165, 1.54) is 19.3 Å². The van der Waals surface area contributed by atoms with Crippen LogP contribution in [0.2, 0.25) is 0 Å². The van der Waals surface area contributed by atoms with Gasteiger partial charge in [0, 0.05) is 5.33 Å². The second kappa shape index (κ2) is 6.21. The second-order valence-electron chi connectivity index (χ2n) is 3.19. The van der Waals surface area contributed by atoms with Gasteiger partial charge in [-0.05, 0) is 24.7 Å². The average Bonchev–Trinajstić information content (AvgIpc) is 1.98. The number of hydrogen-bond acceptors (Lipinski definition) is 0. The van der Waals surface area contributed by atoms with Crippen LogP contribution in [0.1, 0.15) is 40.0 Å². The Morgan fingerprint density at radius 1 is 1.20 bits per heavy atom. The molecule has 0 spiro atoms. The zero-order valence-electron chi connectivity index (χ0n) is 7.36. The van der Waals surface area contributed by atoms with E-state index in [1.54, 1.807) is 0 Å². The summed E-state index contributed by atoms with van der Waals surface area (Å²) in [6, 6.07) is 0. The maximum absolute atomic E-state index is 3.45. The molecule has 10 heavy (non-hydrogen) atoms. The van der Waals surface area contributed by atoms with Crippen molar-refractivity contribution in [1.82, 2.24) is 0 Å². The van der Waals surface area contributed by atoms with Crippen LogP contribution < -0.4 is 0 Å². The lowest BCUT2D eigenvalue weighted by atomic mass is 9.90. The topological polar surface area (TPSA) is 0 Å². The predicted octanol–water partition coefficient (Wildman–Crippen LogP) is 3.84. The van der Waals surface area contributed by atoms with Crippen molar-refractivity contribution >= 4 is 15.9 Å². The Bertz CT molecular complexity index is 71.1. The number of alkyl halides is 1. The van der Waals surface area contributed by atoms with Crippen molar-refractivity contribution in [3.8, 4) is 0 Å². The van der Waals surface area contributed by atoms with Gasteiger partial charge in [-0.1, -0.05) is 43.1 Å². The predicted molar refractivity (Wildman–Crippen MR) is 51.6 cm³/mol. The first-order valence-corrected chi connectivity index (χ1v) is 5.40. The van der Waals surface area contributed by atoms with Gasteiger partial charge in [-0.2, -0.15) is 0 Å². The van der Waals surface area contributed by atoms with Crippen LogP contribution >= 0.6 is 15.9 Å². The van der Waals surface area contributed by atoms with Crippen molar-refractivity contribution in [2.75, 3.05) is 5.33 Å². The summed E-state index contributed by atoms with van der Waals surface area (Å²) in [5.74, 6) is 1.81. The summed E-state index contributed by atoms with van der Waals surface area (Å²) < 4.78 is 0. The van der Waals surface area contributed by atoms with Crippen LogP contribution in [0.3, 0.4) is 0 Å². The van der Waals surface area contributed by atoms with Crippen molar-refractivity contribution in [3.63, 3.8) is 0 Å². The van der Waals surface area contributed by atoms with Crippen molar-refractivity contribution in [1.29, 1.82) is 0 Å². The van der Waals surface area contributed by atoms with E-state index in [9.17, 15) is 0 Å². The highest BCUT2D eigenvalue weighted by molar-refractivity contribution is 9.09. The molecule has 2 unspecified atom stereocenters. The third-order valence-electron chi connectivity index (χ3n) is 2.41. The molecular weight excluding hydrogens is 188 g/mol. The van der Waals surface area contributed by atoms with Crippen molar-refractivity contribution in [2.45, 2.75) is 40.0 Å². The normalized spacial score (nSPS) is 16.8. The lowest BCUT2D eigenvalue weighted by Crippen LogP contribution is -2.06. The van der Waals surface area contributed by atoms with Crippen molar-refractivity contribution in [2.24, 2.45) is 11.8 Å². The minimum absolute atomic E-state index is 0.902. The summed E-state index contributed by atoms with van der Waals surface area (Å²) in [6.45, 7) is 6.98. The zero-order valence-corrected chi connectivity index (χ0v) is 8.95. The third-order valence-corrected chi connectivity index (χ3v) is 2.97. The molecule has 0 saturated carbocycles. The fraction of sp³-hybridized carbons (Fsp3) is 1.00. The Balaban J connectivity index is 3.31. The highest BCUT2D eigenvalue weighted by Crippen LogP contribution is 2.19. The fourth-order valence-corrected chi connectivity index (χ4v) is 1.41. The first-order chi connectivity index (χ1) is 4.72. The van der Waals surface area contributed by atoms with Crippen LogP contribution in [0, 0.1) is 11.8 Å². The Labute approximate surface area is 73.5 Å². The SMILES string of the molecule is CCC(C)C(C)CCCBr. The molecule has 0 nitrogen and oxygen atoms in total. The van der Waals surface area contributed by atoms with Gasteiger partial charge >= 0.3 is 0 Å². The molecule has 0 aromatic rings. The summed E-state index contributed by atoms with van der Waals surface area (Å²) in [7, 11) is 0. The number of rotatable bonds is 5. The molecule has 0 saturated heterocycles. The average molecular weight is 207 g/mol. The molecule has 0 aliphatic carbocycles. The molecule has 0 bridgehead atoms. The number of hydrogen-bond donors (Lipinski definition) is 0. The van der Waals surface area contributed by atoms with Gasteiger partial charge in [-0.25, -0.2) is 0 Å². The summed E-state index contributed by atoms with van der Waals surface area (Å²) in [5, 5.41) is 1.16. The first kappa shape index (κ1) is 10.5. The quantitative estimate of drug-likeness (QED) is 0.601. The first-order valence-electron chi connectivity index (χ1n) is 4.28. The molecule has 0 heterocycles. The minimum atomic E-state index is 0.902. The fourth-order valence-electron chi connectivity index (χ4n) is 1.09. The molecule has 1 heteroatoms. The van der Waals surface area contributed by atoms with Gasteiger partial charge in [0.1, 0.15) is 0 Å². The molecule has 0 aliphatic heterocycles. The maximum atomic E-state index is 3.45. The zero-order chi connectivity index (χ0) is 7.98. The van der Waals surface area contributed by atoms with E-state index in [4.69, 9.17) is 0 Å². The van der Waals surface area contributed by atoms with Crippen LogP contribution in [0.15, 0.2) is 0 Å². The lowest BCUT2D eigenvalue weighted by molar-refractivity contribution is 0.353. The van der Waals surface area contributed by atoms with Gasteiger partial charge in [-0.3, -0.25) is 0 Å². The van der Waals surface area contributed by atoms with E-state index >= 15 is 0 Å². The summed E-state index contributed by atoms with van der Waals surface area (Å²) >= 11 is 3.45. The summed E-state index contributed by atoms with van der Waals surface area (Å²) in [4.78, 5) is 0. The van der Waals surface area contributed by atoms with E-state index in [1.807, 2.05) is 0 Å². The standard InChI is InChI=1S/C9H19Br/c1-4-8(2)9(3)6-5-7-10/h8-9H,4-7H2,1-3H3. The molecular formula is C9H19Br. The van der Waals surface area contributed by atoms with Gasteiger partial charge < -0.3 is 0 Å². The van der Waals surface area contributed by atoms with Gasteiger partial charge in [-0.15, -0.1) is 0 Å². The molecule has 2 atom stereocenters. The molecule has 0 rings (SSSR count). The van der Waals surface area contributed by atoms with E-state index < -0.39 is 0 Å². The molecule has 0 amide bonds. The molecule has 0 radical (unpaired) electrons. The second-order valence-corrected chi connectivity index (χ2v) is 3.99. The van der Waals surface area contributed by atoms with Gasteiger partial charge in [0.2, 0.25) is 0 Å². The Kier molecular flexibility index (Phi) is 6.50. The van der Waals surface area contributed by atoms with Gasteiger partial charge in [0.05, 0.1) is 0 Å². The van der Waals surface area contributed by atoms with Crippen LogP contribution in [-0.4, -0.2) is 5.33 Å². The molecule has 0 aromatic carbocycles. The summed E-state index contributed by atoms with van der Waals surface area (Å²) in [6.07, 6.45) is 4.02. The highest BCUT2D eigenvalue weighted by Gasteiger charge is 2.08.